The van der Waals surface area contributed by atoms with Crippen LogP contribution in [0.2, 0.25) is 0 Å². The van der Waals surface area contributed by atoms with E-state index in [4.69, 9.17) is 0 Å². The van der Waals surface area contributed by atoms with Gasteiger partial charge in [0.15, 0.2) is 0 Å². The van der Waals surface area contributed by atoms with Crippen molar-refractivity contribution in [3.8, 4) is 0 Å². The average Bonchev–Trinajstić information content (AvgIpc) is 2.84. The molecule has 146 valence electrons. The van der Waals surface area contributed by atoms with Gasteiger partial charge in [-0.1, -0.05) is 121 Å². The third-order valence-electron chi connectivity index (χ3n) is 4.87. The Morgan fingerprint density at radius 2 is 0.567 bits per heavy atom. The van der Waals surface area contributed by atoms with Gasteiger partial charge in [0.1, 0.15) is 0 Å². The van der Waals surface area contributed by atoms with E-state index in [2.05, 4.69) is 141 Å². The van der Waals surface area contributed by atoms with Crippen molar-refractivity contribution in [1.82, 2.24) is 0 Å². The lowest BCUT2D eigenvalue weighted by molar-refractivity contribution is 1.58. The van der Waals surface area contributed by atoms with Crippen LogP contribution in [-0.4, -0.2) is 0 Å². The van der Waals surface area contributed by atoms with Crippen molar-refractivity contribution in [2.75, 3.05) is 0 Å². The molecule has 0 saturated carbocycles. The van der Waals surface area contributed by atoms with Crippen LogP contribution >= 0.6 is 31.9 Å². The Morgan fingerprint density at radius 1 is 0.333 bits per heavy atom. The monoisotopic (exact) mass is 514 g/mol. The molecule has 0 saturated heterocycles. The fraction of sp³-hybridized carbons (Fsp3) is 0. The van der Waals surface area contributed by atoms with Crippen LogP contribution in [0.1, 0.15) is 22.3 Å². The molecule has 4 aromatic rings. The van der Waals surface area contributed by atoms with Gasteiger partial charge in [0.25, 0.3) is 0 Å². The summed E-state index contributed by atoms with van der Waals surface area (Å²) >= 11 is 7.91. The zero-order valence-corrected chi connectivity index (χ0v) is 19.5. The molecule has 0 nitrogen and oxygen atoms in total. The lowest BCUT2D eigenvalue weighted by Gasteiger charge is -2.19. The highest BCUT2D eigenvalue weighted by Crippen LogP contribution is 2.45. The molecule has 0 unspecified atom stereocenters. The van der Waals surface area contributed by atoms with E-state index >= 15 is 0 Å². The highest BCUT2D eigenvalue weighted by atomic mass is 79.9. The molecule has 30 heavy (non-hydrogen) atoms. The average molecular weight is 516 g/mol. The van der Waals surface area contributed by atoms with E-state index in [0.717, 1.165) is 42.4 Å². The van der Waals surface area contributed by atoms with Crippen molar-refractivity contribution in [2.45, 2.75) is 0 Å². The highest BCUT2D eigenvalue weighted by Gasteiger charge is 2.19. The molecule has 0 N–H and O–H groups in total. The molecule has 0 fully saturated rings. The molecule has 0 amide bonds. The first-order valence-electron chi connectivity index (χ1n) is 9.77. The second kappa shape index (κ2) is 9.88. The summed E-state index contributed by atoms with van der Waals surface area (Å²) in [6, 6.07) is 42.0. The summed E-state index contributed by atoms with van der Waals surface area (Å²) in [6.07, 6.45) is 0. The van der Waals surface area contributed by atoms with Crippen molar-refractivity contribution < 1.29 is 0 Å². The molecule has 0 bridgehead atoms. The van der Waals surface area contributed by atoms with Gasteiger partial charge in [-0.2, -0.15) is 0 Å². The number of halogens is 2. The molecule has 4 aromatic carbocycles. The van der Waals surface area contributed by atoms with Gasteiger partial charge in [0.2, 0.25) is 0 Å². The summed E-state index contributed by atoms with van der Waals surface area (Å²) in [7, 11) is 0. The van der Waals surface area contributed by atoms with Crippen LogP contribution in [0.5, 0.6) is 0 Å². The Labute approximate surface area is 194 Å². The van der Waals surface area contributed by atoms with Crippen LogP contribution < -0.4 is 0 Å². The summed E-state index contributed by atoms with van der Waals surface area (Å²) in [4.78, 5) is 0. The number of hydrogen-bond acceptors (Lipinski definition) is 0. The maximum Gasteiger partial charge on any atom is 0.0332 e. The Morgan fingerprint density at radius 3 is 0.833 bits per heavy atom. The normalized spacial score (nSPS) is 12.7. The van der Waals surface area contributed by atoms with E-state index in [-0.39, 0.29) is 0 Å². The molecule has 0 aliphatic rings. The lowest BCUT2D eigenvalue weighted by atomic mass is 9.89. The second-order valence-electron chi connectivity index (χ2n) is 6.84. The van der Waals surface area contributed by atoms with Crippen molar-refractivity contribution in [3.05, 3.63) is 144 Å². The summed E-state index contributed by atoms with van der Waals surface area (Å²) in [6.45, 7) is 0. The van der Waals surface area contributed by atoms with Crippen LogP contribution in [0, 0.1) is 0 Å². The van der Waals surface area contributed by atoms with Crippen LogP contribution in [0.15, 0.2) is 121 Å². The summed E-state index contributed by atoms with van der Waals surface area (Å²) in [5, 5.41) is 0. The third-order valence-corrected chi connectivity index (χ3v) is 6.58. The third kappa shape index (κ3) is 4.56. The number of allylic oxidation sites excluding steroid dienone is 2. The van der Waals surface area contributed by atoms with E-state index in [1.54, 1.807) is 0 Å². The zero-order valence-electron chi connectivity index (χ0n) is 16.3. The van der Waals surface area contributed by atoms with Crippen LogP contribution in [-0.2, 0) is 0 Å². The molecular weight excluding hydrogens is 496 g/mol. The number of rotatable bonds is 5. The molecule has 0 spiro atoms. The fourth-order valence-electron chi connectivity index (χ4n) is 3.43. The van der Waals surface area contributed by atoms with Gasteiger partial charge in [-0.25, -0.2) is 0 Å². The largest absolute Gasteiger partial charge is 0.0622 e. The van der Waals surface area contributed by atoms with Crippen LogP contribution in [0.4, 0.5) is 0 Å². The lowest BCUT2D eigenvalue weighted by Crippen LogP contribution is -1.96. The number of benzene rings is 4. The summed E-state index contributed by atoms with van der Waals surface area (Å²) in [5.41, 5.74) is 6.86. The first kappa shape index (κ1) is 20.6. The minimum absolute atomic E-state index is 1.06. The van der Waals surface area contributed by atoms with Gasteiger partial charge < -0.3 is 0 Å². The molecule has 4 rings (SSSR count). The van der Waals surface area contributed by atoms with Gasteiger partial charge in [-0.3, -0.25) is 0 Å². The van der Waals surface area contributed by atoms with E-state index in [9.17, 15) is 0 Å². The topological polar surface area (TPSA) is 0 Å². The van der Waals surface area contributed by atoms with Gasteiger partial charge in [0.05, 0.1) is 0 Å². The molecule has 0 aliphatic carbocycles. The Hall–Kier alpha value is -2.68. The van der Waals surface area contributed by atoms with Gasteiger partial charge in [0, 0.05) is 20.1 Å². The van der Waals surface area contributed by atoms with Crippen LogP contribution in [0.3, 0.4) is 0 Å². The van der Waals surface area contributed by atoms with E-state index in [1.165, 1.54) is 0 Å². The molecule has 2 heteroatoms. The standard InChI is InChI=1S/C28H20Br2/c29-27(23-17-9-3-10-18-23)25(21-13-5-1-6-14-21)26(22-15-7-2-8-16-22)28(30)24-19-11-4-12-20-24/h1-20H/b27-25-,28-26-. The minimum atomic E-state index is 1.06. The van der Waals surface area contributed by atoms with Crippen molar-refractivity contribution >= 4 is 52.0 Å². The molecular formula is C28H20Br2. The van der Waals surface area contributed by atoms with E-state index in [0.29, 0.717) is 0 Å². The first-order chi connectivity index (χ1) is 14.8. The van der Waals surface area contributed by atoms with Gasteiger partial charge in [-0.05, 0) is 54.1 Å². The Kier molecular flexibility index (Phi) is 6.78. The maximum atomic E-state index is 3.95. The van der Waals surface area contributed by atoms with Gasteiger partial charge in [-0.15, -0.1) is 0 Å². The fourth-order valence-corrected chi connectivity index (χ4v) is 4.81. The predicted octanol–water partition coefficient (Wildman–Crippen LogP) is 8.91. The first-order valence-corrected chi connectivity index (χ1v) is 11.4. The quantitative estimate of drug-likeness (QED) is 0.184. The molecule has 0 aliphatic heterocycles. The molecule has 0 heterocycles. The maximum absolute atomic E-state index is 3.95. The smallest absolute Gasteiger partial charge is 0.0332 e. The predicted molar refractivity (Wildman–Crippen MR) is 137 cm³/mol. The molecule has 0 aromatic heterocycles. The Bertz CT molecular complexity index is 1060. The van der Waals surface area contributed by atoms with E-state index < -0.39 is 0 Å². The molecule has 0 atom stereocenters. The Balaban J connectivity index is 2.07. The minimum Gasteiger partial charge on any atom is -0.0622 e. The SMILES string of the molecule is Br/C(=C(\C(=C(/Br)c1ccccc1)c1ccccc1)c1ccccc1)c1ccccc1. The van der Waals surface area contributed by atoms with Gasteiger partial charge >= 0.3 is 0 Å². The van der Waals surface area contributed by atoms with E-state index in [1.807, 2.05) is 12.1 Å². The number of hydrogen-bond donors (Lipinski definition) is 0. The van der Waals surface area contributed by atoms with Crippen LogP contribution in [0.25, 0.3) is 20.1 Å². The zero-order chi connectivity index (χ0) is 20.8. The van der Waals surface area contributed by atoms with Crippen molar-refractivity contribution in [2.24, 2.45) is 0 Å². The second-order valence-corrected chi connectivity index (χ2v) is 8.43. The van der Waals surface area contributed by atoms with Crippen molar-refractivity contribution in [3.63, 3.8) is 0 Å². The molecule has 0 radical (unpaired) electrons. The highest BCUT2D eigenvalue weighted by molar-refractivity contribution is 9.15. The van der Waals surface area contributed by atoms with Crippen molar-refractivity contribution in [1.29, 1.82) is 0 Å². The summed E-state index contributed by atoms with van der Waals surface area (Å²) < 4.78 is 2.11. The summed E-state index contributed by atoms with van der Waals surface area (Å²) in [5.74, 6) is 0.